The molecule has 0 radical (unpaired) electrons. The van der Waals surface area contributed by atoms with E-state index in [2.05, 4.69) is 20.7 Å². The highest BCUT2D eigenvalue weighted by Crippen LogP contribution is 2.38. The van der Waals surface area contributed by atoms with Crippen LogP contribution in [0.25, 0.3) is 11.4 Å². The minimum atomic E-state index is -0.507. The van der Waals surface area contributed by atoms with Crippen LogP contribution in [0.2, 0.25) is 5.02 Å². The fourth-order valence-electron chi connectivity index (χ4n) is 3.05. The molecule has 10 nitrogen and oxygen atoms in total. The molecule has 0 atom stereocenters. The second-order valence-electron chi connectivity index (χ2n) is 6.99. The molecule has 0 aliphatic rings. The molecule has 1 N–H and O–H groups in total. The van der Waals surface area contributed by atoms with Crippen molar-refractivity contribution in [2.24, 2.45) is 5.10 Å². The Morgan fingerprint density at radius 2 is 1.80 bits per heavy atom. The van der Waals surface area contributed by atoms with Crippen LogP contribution in [0.1, 0.15) is 19.4 Å². The van der Waals surface area contributed by atoms with E-state index in [9.17, 15) is 9.59 Å². The number of ether oxygens (including phenoxy) is 3. The average Bonchev–Trinajstić information content (AvgIpc) is 3.26. The molecule has 12 heteroatoms. The van der Waals surface area contributed by atoms with Gasteiger partial charge in [-0.25, -0.2) is 5.43 Å². The molecule has 1 amide bonds. The lowest BCUT2D eigenvalue weighted by Crippen LogP contribution is -2.20. The van der Waals surface area contributed by atoms with Crippen molar-refractivity contribution in [3.63, 3.8) is 0 Å². The fraction of sp³-hybridized carbons (Fsp3) is 0.261. The molecule has 0 unspecified atom stereocenters. The SMILES string of the molecule is CCn1c(SCC(=O)N/N=C/c2cc(OC)c(OC(C)=O)c(OC)c2)nnc1-c1ccc(Cl)cc1. The molecule has 0 saturated carbocycles. The first kappa shape index (κ1) is 26.0. The molecule has 1 aromatic heterocycles. The molecule has 184 valence electrons. The molecule has 0 aliphatic heterocycles. The van der Waals surface area contributed by atoms with E-state index in [-0.39, 0.29) is 17.4 Å². The van der Waals surface area contributed by atoms with Crippen LogP contribution >= 0.6 is 23.4 Å². The lowest BCUT2D eigenvalue weighted by molar-refractivity contribution is -0.132. The smallest absolute Gasteiger partial charge is 0.308 e. The van der Waals surface area contributed by atoms with E-state index in [0.717, 1.165) is 5.56 Å². The van der Waals surface area contributed by atoms with Crippen molar-refractivity contribution in [1.29, 1.82) is 0 Å². The fourth-order valence-corrected chi connectivity index (χ4v) is 3.97. The predicted molar refractivity (Wildman–Crippen MR) is 133 cm³/mol. The van der Waals surface area contributed by atoms with Crippen molar-refractivity contribution in [2.45, 2.75) is 25.5 Å². The van der Waals surface area contributed by atoms with Gasteiger partial charge in [0, 0.05) is 29.6 Å². The van der Waals surface area contributed by atoms with E-state index in [4.69, 9.17) is 25.8 Å². The van der Waals surface area contributed by atoms with Crippen molar-refractivity contribution >= 4 is 41.5 Å². The Morgan fingerprint density at radius 3 is 2.37 bits per heavy atom. The number of halogens is 1. The van der Waals surface area contributed by atoms with Gasteiger partial charge in [0.05, 0.1) is 26.2 Å². The number of nitrogens with zero attached hydrogens (tertiary/aromatic N) is 4. The van der Waals surface area contributed by atoms with Gasteiger partial charge in [-0.3, -0.25) is 9.59 Å². The summed E-state index contributed by atoms with van der Waals surface area (Å²) in [6, 6.07) is 10.5. The Balaban J connectivity index is 1.63. The molecule has 3 rings (SSSR count). The van der Waals surface area contributed by atoms with Gasteiger partial charge in [-0.1, -0.05) is 23.4 Å². The highest BCUT2D eigenvalue weighted by molar-refractivity contribution is 7.99. The zero-order valence-corrected chi connectivity index (χ0v) is 21.1. The third-order valence-electron chi connectivity index (χ3n) is 4.60. The molecule has 1 heterocycles. The average molecular weight is 518 g/mol. The lowest BCUT2D eigenvalue weighted by atomic mass is 10.2. The number of benzene rings is 2. The second kappa shape index (κ2) is 12.2. The summed E-state index contributed by atoms with van der Waals surface area (Å²) in [7, 11) is 2.88. The van der Waals surface area contributed by atoms with Crippen LogP contribution in [0.3, 0.4) is 0 Å². The number of thioether (sulfide) groups is 1. The van der Waals surface area contributed by atoms with Gasteiger partial charge in [-0.15, -0.1) is 10.2 Å². The van der Waals surface area contributed by atoms with Crippen LogP contribution in [-0.2, 0) is 16.1 Å². The molecule has 0 fully saturated rings. The third-order valence-corrected chi connectivity index (χ3v) is 5.82. The summed E-state index contributed by atoms with van der Waals surface area (Å²) in [5, 5.41) is 13.7. The van der Waals surface area contributed by atoms with Gasteiger partial charge in [0.1, 0.15) is 0 Å². The Labute approximate surface area is 211 Å². The van der Waals surface area contributed by atoms with Gasteiger partial charge in [0.15, 0.2) is 22.5 Å². The van der Waals surface area contributed by atoms with Crippen molar-refractivity contribution < 1.29 is 23.8 Å². The normalized spacial score (nSPS) is 10.9. The van der Waals surface area contributed by atoms with Gasteiger partial charge < -0.3 is 18.8 Å². The quantitative estimate of drug-likeness (QED) is 0.142. The number of carbonyl (C=O) groups excluding carboxylic acids is 2. The maximum Gasteiger partial charge on any atom is 0.308 e. The first-order valence-corrected chi connectivity index (χ1v) is 11.8. The summed E-state index contributed by atoms with van der Waals surface area (Å²) in [5.74, 6) is 0.709. The van der Waals surface area contributed by atoms with Crippen LogP contribution in [0.15, 0.2) is 46.7 Å². The maximum absolute atomic E-state index is 12.3. The van der Waals surface area contributed by atoms with E-state index in [1.807, 2.05) is 23.6 Å². The number of aromatic nitrogens is 3. The first-order valence-electron chi connectivity index (χ1n) is 10.4. The van der Waals surface area contributed by atoms with Gasteiger partial charge in [0.25, 0.3) is 5.91 Å². The highest BCUT2D eigenvalue weighted by atomic mass is 35.5. The summed E-state index contributed by atoms with van der Waals surface area (Å²) in [6.45, 7) is 3.90. The van der Waals surface area contributed by atoms with Crippen LogP contribution in [0.5, 0.6) is 17.2 Å². The lowest BCUT2D eigenvalue weighted by Gasteiger charge is -2.13. The molecular formula is C23H24ClN5O5S. The Bertz CT molecular complexity index is 1200. The number of rotatable bonds is 10. The first-order chi connectivity index (χ1) is 16.9. The Morgan fingerprint density at radius 1 is 1.14 bits per heavy atom. The van der Waals surface area contributed by atoms with Crippen molar-refractivity contribution in [2.75, 3.05) is 20.0 Å². The zero-order chi connectivity index (χ0) is 25.4. The molecule has 0 bridgehead atoms. The van der Waals surface area contributed by atoms with Gasteiger partial charge in [0.2, 0.25) is 5.75 Å². The summed E-state index contributed by atoms with van der Waals surface area (Å²) in [5.41, 5.74) is 3.93. The van der Waals surface area contributed by atoms with Crippen molar-refractivity contribution in [3.8, 4) is 28.6 Å². The largest absolute Gasteiger partial charge is 0.493 e. The van der Waals surface area contributed by atoms with Crippen LogP contribution in [0, 0.1) is 0 Å². The van der Waals surface area contributed by atoms with E-state index in [1.54, 1.807) is 24.3 Å². The Kier molecular flexibility index (Phi) is 9.10. The van der Waals surface area contributed by atoms with Crippen LogP contribution in [-0.4, -0.2) is 52.8 Å². The monoisotopic (exact) mass is 517 g/mol. The second-order valence-corrected chi connectivity index (χ2v) is 8.37. The third kappa shape index (κ3) is 6.74. The standard InChI is InChI=1S/C23H24ClN5O5S/c1-5-29-22(16-6-8-17(24)9-7-16)27-28-23(29)35-13-20(31)26-25-12-15-10-18(32-3)21(34-14(2)30)19(11-15)33-4/h6-12H,5,13H2,1-4H3,(H,26,31)/b25-12+. The van der Waals surface area contributed by atoms with Gasteiger partial charge in [-0.2, -0.15) is 5.10 Å². The number of esters is 1. The number of carbonyl (C=O) groups is 2. The number of methoxy groups -OCH3 is 2. The molecule has 35 heavy (non-hydrogen) atoms. The highest BCUT2D eigenvalue weighted by Gasteiger charge is 2.16. The van der Waals surface area contributed by atoms with E-state index >= 15 is 0 Å². The van der Waals surface area contributed by atoms with Crippen molar-refractivity contribution in [1.82, 2.24) is 20.2 Å². The number of hydrazone groups is 1. The molecule has 0 spiro atoms. The van der Waals surface area contributed by atoms with Crippen LogP contribution < -0.4 is 19.6 Å². The van der Waals surface area contributed by atoms with E-state index in [0.29, 0.717) is 39.6 Å². The molecule has 0 aliphatic carbocycles. The van der Waals surface area contributed by atoms with E-state index in [1.165, 1.54) is 39.1 Å². The van der Waals surface area contributed by atoms with Gasteiger partial charge in [-0.05, 0) is 43.3 Å². The summed E-state index contributed by atoms with van der Waals surface area (Å²) >= 11 is 7.22. The predicted octanol–water partition coefficient (Wildman–Crippen LogP) is 3.80. The van der Waals surface area contributed by atoms with Crippen LogP contribution in [0.4, 0.5) is 0 Å². The minimum absolute atomic E-state index is 0.0914. The Hall–Kier alpha value is -3.57. The molecule has 2 aromatic carbocycles. The van der Waals surface area contributed by atoms with Crippen molar-refractivity contribution in [3.05, 3.63) is 47.0 Å². The van der Waals surface area contributed by atoms with Gasteiger partial charge >= 0.3 is 5.97 Å². The summed E-state index contributed by atoms with van der Waals surface area (Å²) in [6.07, 6.45) is 1.43. The number of hydrogen-bond donors (Lipinski definition) is 1. The molecule has 3 aromatic rings. The number of hydrogen-bond acceptors (Lipinski definition) is 9. The minimum Gasteiger partial charge on any atom is -0.493 e. The zero-order valence-electron chi connectivity index (χ0n) is 19.6. The summed E-state index contributed by atoms with van der Waals surface area (Å²) < 4.78 is 17.6. The topological polar surface area (TPSA) is 117 Å². The number of amides is 1. The maximum atomic E-state index is 12.3. The number of nitrogens with one attached hydrogen (secondary N) is 1. The molecular weight excluding hydrogens is 494 g/mol. The van der Waals surface area contributed by atoms with E-state index < -0.39 is 5.97 Å². The molecule has 0 saturated heterocycles. The summed E-state index contributed by atoms with van der Waals surface area (Å²) in [4.78, 5) is 23.7.